The van der Waals surface area contributed by atoms with Crippen LogP contribution in [-0.4, -0.2) is 12.2 Å². The van der Waals surface area contributed by atoms with Gasteiger partial charge in [0.15, 0.2) is 0 Å². The Labute approximate surface area is 49.3 Å². The highest BCUT2D eigenvalue weighted by Crippen LogP contribution is 2.32. The van der Waals surface area contributed by atoms with Crippen LogP contribution in [0.25, 0.3) is 0 Å². The number of rotatable bonds is 0. The van der Waals surface area contributed by atoms with Crippen LogP contribution >= 0.6 is 0 Å². The van der Waals surface area contributed by atoms with Crippen LogP contribution in [0.4, 0.5) is 0 Å². The Morgan fingerprint density at radius 3 is 2.75 bits per heavy atom. The first kappa shape index (κ1) is 4.57. The second-order valence-corrected chi connectivity index (χ2v) is 2.65. The number of hydrogen-bond acceptors (Lipinski definition) is 1. The molecule has 8 heavy (non-hydrogen) atoms. The highest BCUT2D eigenvalue weighted by molar-refractivity contribution is 5.17. The fourth-order valence-corrected chi connectivity index (χ4v) is 1.52. The molecule has 2 unspecified atom stereocenters. The van der Waals surface area contributed by atoms with Gasteiger partial charge in [-0.15, -0.1) is 0 Å². The third-order valence-corrected chi connectivity index (χ3v) is 2.01. The molecule has 1 nitrogen and oxygen atoms in total. The van der Waals surface area contributed by atoms with Gasteiger partial charge in [0.2, 0.25) is 0 Å². The lowest BCUT2D eigenvalue weighted by Gasteiger charge is -2.02. The molecule has 1 heteroatoms. The van der Waals surface area contributed by atoms with Crippen molar-refractivity contribution in [2.45, 2.75) is 32.0 Å². The quantitative estimate of drug-likeness (QED) is 0.429. The maximum Gasteiger partial charge on any atom is 0.0792 e. The summed E-state index contributed by atoms with van der Waals surface area (Å²) in [6, 6.07) is 0. The van der Waals surface area contributed by atoms with Gasteiger partial charge in [-0.1, -0.05) is 6.08 Å². The van der Waals surface area contributed by atoms with E-state index in [1.807, 2.05) is 0 Å². The summed E-state index contributed by atoms with van der Waals surface area (Å²) in [6.45, 7) is 2.16. The smallest absolute Gasteiger partial charge is 0.0792 e. The molecular formula is C7H10O. The molecular weight excluding hydrogens is 100 g/mol. The van der Waals surface area contributed by atoms with Crippen LogP contribution in [0.5, 0.6) is 0 Å². The third kappa shape index (κ3) is 0.451. The Hall–Kier alpha value is -0.300. The Bertz CT molecular complexity index is 137. The molecule has 2 bridgehead atoms. The number of fused-ring (bicyclic) bond motifs is 2. The molecule has 2 atom stereocenters. The van der Waals surface area contributed by atoms with Gasteiger partial charge in [0.05, 0.1) is 12.2 Å². The van der Waals surface area contributed by atoms with Crippen LogP contribution in [0.3, 0.4) is 0 Å². The zero-order chi connectivity index (χ0) is 5.56. The molecule has 2 rings (SSSR count). The van der Waals surface area contributed by atoms with E-state index < -0.39 is 0 Å². The molecule has 0 aromatic rings. The van der Waals surface area contributed by atoms with Crippen molar-refractivity contribution in [1.29, 1.82) is 0 Å². The van der Waals surface area contributed by atoms with Gasteiger partial charge in [0.25, 0.3) is 0 Å². The zero-order valence-corrected chi connectivity index (χ0v) is 5.05. The van der Waals surface area contributed by atoms with E-state index in [9.17, 15) is 0 Å². The van der Waals surface area contributed by atoms with Gasteiger partial charge in [0.1, 0.15) is 0 Å². The average molecular weight is 110 g/mol. The zero-order valence-electron chi connectivity index (χ0n) is 5.05. The minimum Gasteiger partial charge on any atom is -0.367 e. The van der Waals surface area contributed by atoms with Gasteiger partial charge < -0.3 is 4.74 Å². The number of ether oxygens (including phenoxy) is 1. The van der Waals surface area contributed by atoms with Crippen LogP contribution in [-0.2, 0) is 4.74 Å². The summed E-state index contributed by atoms with van der Waals surface area (Å²) in [5.74, 6) is 0. The van der Waals surface area contributed by atoms with Crippen LogP contribution in [0.1, 0.15) is 19.8 Å². The molecule has 0 aromatic heterocycles. The van der Waals surface area contributed by atoms with E-state index in [1.165, 1.54) is 18.4 Å². The first-order valence-corrected chi connectivity index (χ1v) is 3.20. The van der Waals surface area contributed by atoms with Gasteiger partial charge in [-0.3, -0.25) is 0 Å². The molecule has 1 saturated heterocycles. The SMILES string of the molecule is CC1=CC2CCC1O2. The minimum atomic E-state index is 0.486. The molecule has 0 amide bonds. The summed E-state index contributed by atoms with van der Waals surface area (Å²) >= 11 is 0. The fourth-order valence-electron chi connectivity index (χ4n) is 1.52. The summed E-state index contributed by atoms with van der Waals surface area (Å²) in [5.41, 5.74) is 1.45. The summed E-state index contributed by atoms with van der Waals surface area (Å²) < 4.78 is 5.49. The molecule has 0 spiro atoms. The van der Waals surface area contributed by atoms with Crippen molar-refractivity contribution in [2.75, 3.05) is 0 Å². The van der Waals surface area contributed by atoms with Crippen LogP contribution in [0, 0.1) is 0 Å². The van der Waals surface area contributed by atoms with Gasteiger partial charge in [-0.2, -0.15) is 0 Å². The molecule has 0 aromatic carbocycles. The van der Waals surface area contributed by atoms with E-state index in [0.717, 1.165) is 0 Å². The normalized spacial score (nSPS) is 42.9. The topological polar surface area (TPSA) is 9.23 Å². The van der Waals surface area contributed by atoms with E-state index in [1.54, 1.807) is 0 Å². The van der Waals surface area contributed by atoms with Crippen LogP contribution in [0.15, 0.2) is 11.6 Å². The predicted octanol–water partition coefficient (Wildman–Crippen LogP) is 1.49. The Morgan fingerprint density at radius 2 is 2.50 bits per heavy atom. The van der Waals surface area contributed by atoms with Crippen molar-refractivity contribution in [2.24, 2.45) is 0 Å². The van der Waals surface area contributed by atoms with E-state index in [0.29, 0.717) is 12.2 Å². The summed E-state index contributed by atoms with van der Waals surface area (Å²) in [7, 11) is 0. The Morgan fingerprint density at radius 1 is 1.62 bits per heavy atom. The molecule has 0 radical (unpaired) electrons. The van der Waals surface area contributed by atoms with E-state index in [2.05, 4.69) is 13.0 Å². The van der Waals surface area contributed by atoms with Gasteiger partial charge in [0, 0.05) is 0 Å². The van der Waals surface area contributed by atoms with Crippen molar-refractivity contribution >= 4 is 0 Å². The summed E-state index contributed by atoms with van der Waals surface area (Å²) in [4.78, 5) is 0. The first-order chi connectivity index (χ1) is 3.86. The largest absolute Gasteiger partial charge is 0.367 e. The second-order valence-electron chi connectivity index (χ2n) is 2.65. The van der Waals surface area contributed by atoms with E-state index in [4.69, 9.17) is 4.74 Å². The van der Waals surface area contributed by atoms with E-state index >= 15 is 0 Å². The van der Waals surface area contributed by atoms with Crippen LogP contribution in [0.2, 0.25) is 0 Å². The second kappa shape index (κ2) is 1.35. The molecule has 2 heterocycles. The number of hydrogen-bond donors (Lipinski definition) is 0. The molecule has 0 saturated carbocycles. The lowest BCUT2D eigenvalue weighted by molar-refractivity contribution is 0.116. The van der Waals surface area contributed by atoms with Crippen molar-refractivity contribution in [3.63, 3.8) is 0 Å². The predicted molar refractivity (Wildman–Crippen MR) is 31.7 cm³/mol. The lowest BCUT2D eigenvalue weighted by atomic mass is 10.0. The van der Waals surface area contributed by atoms with Gasteiger partial charge in [-0.25, -0.2) is 0 Å². The average Bonchev–Trinajstić information content (AvgIpc) is 2.23. The highest BCUT2D eigenvalue weighted by atomic mass is 16.5. The first-order valence-electron chi connectivity index (χ1n) is 3.20. The third-order valence-electron chi connectivity index (χ3n) is 2.01. The fraction of sp³-hybridized carbons (Fsp3) is 0.714. The van der Waals surface area contributed by atoms with E-state index in [-0.39, 0.29) is 0 Å². The summed E-state index contributed by atoms with van der Waals surface area (Å²) in [5, 5.41) is 0. The Kier molecular flexibility index (Phi) is 0.770. The maximum absolute atomic E-state index is 5.49. The maximum atomic E-state index is 5.49. The van der Waals surface area contributed by atoms with Crippen LogP contribution < -0.4 is 0 Å². The molecule has 1 fully saturated rings. The Balaban J connectivity index is 2.29. The van der Waals surface area contributed by atoms with Gasteiger partial charge >= 0.3 is 0 Å². The molecule has 2 aliphatic rings. The van der Waals surface area contributed by atoms with Crippen molar-refractivity contribution in [1.82, 2.24) is 0 Å². The monoisotopic (exact) mass is 110 g/mol. The van der Waals surface area contributed by atoms with Crippen molar-refractivity contribution in [3.8, 4) is 0 Å². The molecule has 0 aliphatic carbocycles. The lowest BCUT2D eigenvalue weighted by Crippen LogP contribution is -2.00. The summed E-state index contributed by atoms with van der Waals surface area (Å²) in [6.07, 6.45) is 5.74. The van der Waals surface area contributed by atoms with Crippen molar-refractivity contribution < 1.29 is 4.74 Å². The standard InChI is InChI=1S/C7H10O/c1-5-4-6-2-3-7(5)8-6/h4,6-7H,2-3H2,1H3. The molecule has 0 N–H and O–H groups in total. The minimum absolute atomic E-state index is 0.486. The van der Waals surface area contributed by atoms with Crippen molar-refractivity contribution in [3.05, 3.63) is 11.6 Å². The molecule has 44 valence electrons. The highest BCUT2D eigenvalue weighted by Gasteiger charge is 2.30. The molecule has 2 aliphatic heterocycles. The van der Waals surface area contributed by atoms with Gasteiger partial charge in [-0.05, 0) is 25.3 Å².